The molecule has 0 aliphatic carbocycles. The number of aromatic nitrogens is 3. The molecule has 5 nitrogen and oxygen atoms in total. The third-order valence-electron chi connectivity index (χ3n) is 2.64. The van der Waals surface area contributed by atoms with Crippen molar-refractivity contribution in [1.82, 2.24) is 15.0 Å². The highest BCUT2D eigenvalue weighted by Crippen LogP contribution is 2.34. The van der Waals surface area contributed by atoms with Crippen molar-refractivity contribution in [2.24, 2.45) is 0 Å². The van der Waals surface area contributed by atoms with Gasteiger partial charge in [0.2, 0.25) is 5.95 Å². The van der Waals surface area contributed by atoms with Crippen molar-refractivity contribution in [2.75, 3.05) is 11.5 Å². The lowest BCUT2D eigenvalue weighted by molar-refractivity contribution is 1.13. The number of rotatable bonds is 1. The van der Waals surface area contributed by atoms with Crippen molar-refractivity contribution in [3.05, 3.63) is 30.0 Å². The van der Waals surface area contributed by atoms with Gasteiger partial charge in [-0.25, -0.2) is 9.97 Å². The number of nitrogens with two attached hydrogens (primary N) is 2. The molecular weight excluding hydrogens is 246 g/mol. The lowest BCUT2D eigenvalue weighted by Crippen LogP contribution is -2.04. The molecule has 90 valence electrons. The number of nitrogens with zero attached hydrogens (tertiary/aromatic N) is 3. The fraction of sp³-hybridized carbons (Fsp3) is 0.0833. The molecule has 3 aromatic rings. The summed E-state index contributed by atoms with van der Waals surface area (Å²) in [7, 11) is 0. The van der Waals surface area contributed by atoms with Crippen LogP contribution < -0.4 is 11.5 Å². The number of para-hydroxylation sites is 1. The highest BCUT2D eigenvalue weighted by molar-refractivity contribution is 7.21. The Morgan fingerprint density at radius 3 is 2.56 bits per heavy atom. The first-order valence-corrected chi connectivity index (χ1v) is 6.22. The second kappa shape index (κ2) is 3.92. The van der Waals surface area contributed by atoms with E-state index in [1.54, 1.807) is 11.3 Å². The maximum Gasteiger partial charge on any atom is 0.222 e. The molecule has 4 N–H and O–H groups in total. The summed E-state index contributed by atoms with van der Waals surface area (Å²) in [5, 5.41) is 0.825. The highest BCUT2D eigenvalue weighted by Gasteiger charge is 2.14. The van der Waals surface area contributed by atoms with E-state index in [4.69, 9.17) is 11.5 Å². The fourth-order valence-electron chi connectivity index (χ4n) is 1.86. The largest absolute Gasteiger partial charge is 0.383 e. The van der Waals surface area contributed by atoms with Gasteiger partial charge < -0.3 is 11.5 Å². The minimum atomic E-state index is 0.190. The monoisotopic (exact) mass is 257 g/mol. The standard InChI is InChI=1S/C12H11N5S/c1-6-9(10(13)17-12(14)15-6)11-16-7-4-2-3-5-8(7)18-11/h2-5H,1H3,(H4,13,14,15,17). The van der Waals surface area contributed by atoms with Crippen LogP contribution in [0.15, 0.2) is 24.3 Å². The van der Waals surface area contributed by atoms with Gasteiger partial charge >= 0.3 is 0 Å². The van der Waals surface area contributed by atoms with Crippen molar-refractivity contribution >= 4 is 33.3 Å². The van der Waals surface area contributed by atoms with Crippen LogP contribution in [-0.4, -0.2) is 15.0 Å². The van der Waals surface area contributed by atoms with E-state index in [9.17, 15) is 0 Å². The zero-order valence-corrected chi connectivity index (χ0v) is 10.5. The van der Waals surface area contributed by atoms with E-state index in [0.29, 0.717) is 5.82 Å². The molecule has 6 heteroatoms. The van der Waals surface area contributed by atoms with E-state index < -0.39 is 0 Å². The first kappa shape index (κ1) is 10.9. The Kier molecular flexibility index (Phi) is 2.38. The summed E-state index contributed by atoms with van der Waals surface area (Å²) >= 11 is 1.57. The Morgan fingerprint density at radius 2 is 1.83 bits per heavy atom. The van der Waals surface area contributed by atoms with E-state index in [0.717, 1.165) is 26.5 Å². The van der Waals surface area contributed by atoms with Crippen molar-refractivity contribution in [3.63, 3.8) is 0 Å². The van der Waals surface area contributed by atoms with E-state index >= 15 is 0 Å². The number of thiazole rings is 1. The van der Waals surface area contributed by atoms with Crippen LogP contribution in [0.4, 0.5) is 11.8 Å². The summed E-state index contributed by atoms with van der Waals surface area (Å²) in [4.78, 5) is 12.7. The molecule has 3 rings (SSSR count). The first-order chi connectivity index (χ1) is 8.65. The number of benzene rings is 1. The minimum Gasteiger partial charge on any atom is -0.383 e. The Hall–Kier alpha value is -2.21. The Bertz CT molecular complexity index is 678. The molecule has 0 aliphatic rings. The van der Waals surface area contributed by atoms with E-state index in [1.165, 1.54) is 0 Å². The van der Waals surface area contributed by atoms with Crippen LogP contribution in [0, 0.1) is 6.92 Å². The molecule has 1 aromatic carbocycles. The summed E-state index contributed by atoms with van der Waals surface area (Å²) in [5.74, 6) is 0.564. The van der Waals surface area contributed by atoms with Gasteiger partial charge in [-0.1, -0.05) is 12.1 Å². The smallest absolute Gasteiger partial charge is 0.222 e. The maximum absolute atomic E-state index is 5.91. The average Bonchev–Trinajstić information content (AvgIpc) is 2.70. The molecule has 0 amide bonds. The molecule has 18 heavy (non-hydrogen) atoms. The highest BCUT2D eigenvalue weighted by atomic mass is 32.1. The maximum atomic E-state index is 5.91. The lowest BCUT2D eigenvalue weighted by atomic mass is 10.2. The Morgan fingerprint density at radius 1 is 1.06 bits per heavy atom. The number of aryl methyl sites for hydroxylation is 1. The summed E-state index contributed by atoms with van der Waals surface area (Å²) in [6.07, 6.45) is 0. The SMILES string of the molecule is Cc1nc(N)nc(N)c1-c1nc2ccccc2s1. The van der Waals surface area contributed by atoms with Gasteiger partial charge in [0.05, 0.1) is 21.5 Å². The minimum absolute atomic E-state index is 0.190. The van der Waals surface area contributed by atoms with Gasteiger partial charge in [0.1, 0.15) is 10.8 Å². The number of hydrogen-bond donors (Lipinski definition) is 2. The summed E-state index contributed by atoms with van der Waals surface area (Å²) < 4.78 is 1.11. The number of hydrogen-bond acceptors (Lipinski definition) is 6. The quantitative estimate of drug-likeness (QED) is 0.697. The van der Waals surface area contributed by atoms with Crippen LogP contribution >= 0.6 is 11.3 Å². The van der Waals surface area contributed by atoms with Crippen molar-refractivity contribution in [1.29, 1.82) is 0 Å². The normalized spacial score (nSPS) is 10.9. The summed E-state index contributed by atoms with van der Waals surface area (Å²) in [5.41, 5.74) is 13.9. The van der Waals surface area contributed by atoms with Crippen LogP contribution in [0.25, 0.3) is 20.8 Å². The van der Waals surface area contributed by atoms with Crippen LogP contribution in [0.2, 0.25) is 0 Å². The van der Waals surface area contributed by atoms with Gasteiger partial charge in [0, 0.05) is 0 Å². The van der Waals surface area contributed by atoms with Gasteiger partial charge in [-0.3, -0.25) is 0 Å². The van der Waals surface area contributed by atoms with Crippen LogP contribution in [0.1, 0.15) is 5.69 Å². The molecule has 0 saturated heterocycles. The van der Waals surface area contributed by atoms with Gasteiger partial charge in [0.15, 0.2) is 0 Å². The molecular formula is C12H11N5S. The fourth-order valence-corrected chi connectivity index (χ4v) is 2.93. The van der Waals surface area contributed by atoms with Crippen LogP contribution in [-0.2, 0) is 0 Å². The number of fused-ring (bicyclic) bond motifs is 1. The topological polar surface area (TPSA) is 90.7 Å². The van der Waals surface area contributed by atoms with E-state index in [-0.39, 0.29) is 5.95 Å². The molecule has 0 spiro atoms. The van der Waals surface area contributed by atoms with E-state index in [1.807, 2.05) is 31.2 Å². The third kappa shape index (κ3) is 1.67. The zero-order chi connectivity index (χ0) is 12.7. The molecule has 0 aliphatic heterocycles. The second-order valence-corrected chi connectivity index (χ2v) is 4.94. The summed E-state index contributed by atoms with van der Waals surface area (Å²) in [6.45, 7) is 1.86. The lowest BCUT2D eigenvalue weighted by Gasteiger charge is -2.05. The molecule has 2 heterocycles. The first-order valence-electron chi connectivity index (χ1n) is 5.40. The number of anilines is 2. The van der Waals surface area contributed by atoms with Gasteiger partial charge in [0.25, 0.3) is 0 Å². The predicted molar refractivity (Wildman–Crippen MR) is 74.2 cm³/mol. The molecule has 0 fully saturated rings. The molecule has 0 saturated carbocycles. The second-order valence-electron chi connectivity index (χ2n) is 3.91. The van der Waals surface area contributed by atoms with Crippen molar-refractivity contribution in [3.8, 4) is 10.6 Å². The van der Waals surface area contributed by atoms with Crippen LogP contribution in [0.5, 0.6) is 0 Å². The van der Waals surface area contributed by atoms with Crippen molar-refractivity contribution < 1.29 is 0 Å². The Balaban J connectivity index is 2.26. The third-order valence-corrected chi connectivity index (χ3v) is 3.70. The molecule has 0 radical (unpaired) electrons. The summed E-state index contributed by atoms with van der Waals surface area (Å²) in [6, 6.07) is 7.95. The van der Waals surface area contributed by atoms with Gasteiger partial charge in [-0.15, -0.1) is 11.3 Å². The average molecular weight is 257 g/mol. The van der Waals surface area contributed by atoms with E-state index in [2.05, 4.69) is 15.0 Å². The molecule has 2 aromatic heterocycles. The van der Waals surface area contributed by atoms with Gasteiger partial charge in [-0.2, -0.15) is 4.98 Å². The zero-order valence-electron chi connectivity index (χ0n) is 9.71. The van der Waals surface area contributed by atoms with Crippen molar-refractivity contribution in [2.45, 2.75) is 6.92 Å². The molecule has 0 unspecified atom stereocenters. The predicted octanol–water partition coefficient (Wildman–Crippen LogP) is 2.23. The Labute approximate surface area is 108 Å². The molecule has 0 atom stereocenters. The van der Waals surface area contributed by atoms with Gasteiger partial charge in [-0.05, 0) is 19.1 Å². The molecule has 0 bridgehead atoms. The number of nitrogen functional groups attached to an aromatic ring is 2. The van der Waals surface area contributed by atoms with Crippen LogP contribution in [0.3, 0.4) is 0 Å².